The predicted molar refractivity (Wildman–Crippen MR) is 81.0 cm³/mol. The van der Waals surface area contributed by atoms with Crippen molar-refractivity contribution in [3.8, 4) is 17.6 Å². The lowest BCUT2D eigenvalue weighted by Gasteiger charge is -2.20. The Kier molecular flexibility index (Phi) is 6.31. The molecule has 0 aromatic heterocycles. The van der Waals surface area contributed by atoms with E-state index >= 15 is 0 Å². The molecule has 0 radical (unpaired) electrons. The topological polar surface area (TPSA) is 50.4 Å². The molecule has 0 spiro atoms. The minimum Gasteiger partial charge on any atom is -0.481 e. The maximum Gasteiger partial charge on any atom is 0.416 e. The summed E-state index contributed by atoms with van der Waals surface area (Å²) in [6, 6.07) is 4.23. The molecule has 0 unspecified atom stereocenters. The van der Waals surface area contributed by atoms with E-state index in [2.05, 4.69) is 22.5 Å². The first kappa shape index (κ1) is 18.7. The van der Waals surface area contributed by atoms with Crippen LogP contribution in [0.1, 0.15) is 26.3 Å². The molecule has 1 aromatic rings. The summed E-state index contributed by atoms with van der Waals surface area (Å²) in [5.41, 5.74) is -1.12. The molecule has 0 saturated heterocycles. The molecule has 0 fully saturated rings. The molecule has 0 aliphatic heterocycles. The molecule has 0 bridgehead atoms. The van der Waals surface area contributed by atoms with Gasteiger partial charge >= 0.3 is 12.2 Å². The van der Waals surface area contributed by atoms with Gasteiger partial charge in [-0.2, -0.15) is 13.2 Å². The third kappa shape index (κ3) is 8.00. The lowest BCUT2D eigenvalue weighted by atomic mass is 10.1. The van der Waals surface area contributed by atoms with Crippen molar-refractivity contribution in [1.82, 2.24) is 10.6 Å². The normalized spacial score (nSPS) is 11.2. The summed E-state index contributed by atoms with van der Waals surface area (Å²) in [6.45, 7) is 5.60. The average molecular weight is 328 g/mol. The maximum atomic E-state index is 12.5. The van der Waals surface area contributed by atoms with E-state index in [1.807, 2.05) is 20.8 Å². The van der Waals surface area contributed by atoms with Crippen LogP contribution in [0.3, 0.4) is 0 Å². The van der Waals surface area contributed by atoms with Gasteiger partial charge in [0.25, 0.3) is 0 Å². The fourth-order valence-corrected chi connectivity index (χ4v) is 1.50. The number of hydrogen-bond donors (Lipinski definition) is 2. The van der Waals surface area contributed by atoms with Gasteiger partial charge in [0.2, 0.25) is 0 Å². The van der Waals surface area contributed by atoms with E-state index in [1.165, 1.54) is 12.1 Å². The summed E-state index contributed by atoms with van der Waals surface area (Å²) in [4.78, 5) is 11.4. The van der Waals surface area contributed by atoms with E-state index in [-0.39, 0.29) is 30.5 Å². The minimum absolute atomic E-state index is 0.0656. The number of ether oxygens (including phenoxy) is 1. The molecule has 1 aromatic carbocycles. The van der Waals surface area contributed by atoms with Crippen LogP contribution in [0.2, 0.25) is 0 Å². The minimum atomic E-state index is -4.41. The average Bonchev–Trinajstić information content (AvgIpc) is 2.40. The zero-order valence-corrected chi connectivity index (χ0v) is 13.2. The van der Waals surface area contributed by atoms with E-state index in [0.29, 0.717) is 0 Å². The first-order chi connectivity index (χ1) is 10.6. The summed E-state index contributed by atoms with van der Waals surface area (Å²) in [6.07, 6.45) is -4.41. The van der Waals surface area contributed by atoms with Crippen LogP contribution < -0.4 is 15.4 Å². The molecule has 23 heavy (non-hydrogen) atoms. The first-order valence-electron chi connectivity index (χ1n) is 6.90. The van der Waals surface area contributed by atoms with Crippen LogP contribution >= 0.6 is 0 Å². The highest BCUT2D eigenvalue weighted by Crippen LogP contribution is 2.31. The Balaban J connectivity index is 2.37. The van der Waals surface area contributed by atoms with E-state index in [4.69, 9.17) is 4.74 Å². The number of rotatable bonds is 3. The smallest absolute Gasteiger partial charge is 0.416 e. The second-order valence-electron chi connectivity index (χ2n) is 5.73. The van der Waals surface area contributed by atoms with Gasteiger partial charge in [-0.05, 0) is 39.0 Å². The Bertz CT molecular complexity index is 596. The Morgan fingerprint density at radius 2 is 1.91 bits per heavy atom. The molecular formula is C16H19F3N2O2. The highest BCUT2D eigenvalue weighted by molar-refractivity contribution is 5.74. The van der Waals surface area contributed by atoms with Crippen molar-refractivity contribution in [1.29, 1.82) is 0 Å². The lowest BCUT2D eigenvalue weighted by molar-refractivity contribution is -0.137. The van der Waals surface area contributed by atoms with Gasteiger partial charge in [-0.25, -0.2) is 4.79 Å². The second kappa shape index (κ2) is 7.77. The molecule has 7 heteroatoms. The SMILES string of the molecule is CC(C)(C)NC(=O)NCC#CCOc1cccc(C(F)(F)F)c1. The highest BCUT2D eigenvalue weighted by Gasteiger charge is 2.30. The van der Waals surface area contributed by atoms with Crippen molar-refractivity contribution < 1.29 is 22.7 Å². The van der Waals surface area contributed by atoms with Crippen LogP contribution in [0.25, 0.3) is 0 Å². The number of urea groups is 1. The Labute approximate surface area is 133 Å². The molecule has 4 nitrogen and oxygen atoms in total. The summed E-state index contributed by atoms with van der Waals surface area (Å²) in [7, 11) is 0. The van der Waals surface area contributed by atoms with Crippen molar-refractivity contribution in [2.45, 2.75) is 32.5 Å². The molecular weight excluding hydrogens is 309 g/mol. The van der Waals surface area contributed by atoms with Crippen LogP contribution in [-0.2, 0) is 6.18 Å². The molecule has 2 N–H and O–H groups in total. The fourth-order valence-electron chi connectivity index (χ4n) is 1.50. The van der Waals surface area contributed by atoms with Gasteiger partial charge in [0.05, 0.1) is 12.1 Å². The van der Waals surface area contributed by atoms with Crippen molar-refractivity contribution >= 4 is 6.03 Å². The molecule has 0 aliphatic carbocycles. The van der Waals surface area contributed by atoms with Crippen LogP contribution in [-0.4, -0.2) is 24.7 Å². The number of alkyl halides is 3. The molecule has 0 aliphatic rings. The number of halogens is 3. The summed E-state index contributed by atoms with van der Waals surface area (Å²) >= 11 is 0. The van der Waals surface area contributed by atoms with Gasteiger partial charge < -0.3 is 15.4 Å². The van der Waals surface area contributed by atoms with Gasteiger partial charge in [0, 0.05) is 5.54 Å². The standard InChI is InChI=1S/C16H19F3N2O2/c1-15(2,3)21-14(22)20-9-4-5-10-23-13-8-6-7-12(11-13)16(17,18)19/h6-8,11H,9-10H2,1-3H3,(H2,20,21,22). The molecule has 0 atom stereocenters. The van der Waals surface area contributed by atoms with E-state index < -0.39 is 11.7 Å². The van der Waals surface area contributed by atoms with Gasteiger partial charge in [0.1, 0.15) is 12.4 Å². The van der Waals surface area contributed by atoms with Crippen molar-refractivity contribution in [3.63, 3.8) is 0 Å². The number of amides is 2. The quantitative estimate of drug-likeness (QED) is 0.837. The second-order valence-corrected chi connectivity index (χ2v) is 5.73. The van der Waals surface area contributed by atoms with Crippen molar-refractivity contribution in [2.75, 3.05) is 13.2 Å². The zero-order chi connectivity index (χ0) is 17.5. The van der Waals surface area contributed by atoms with Crippen molar-refractivity contribution in [3.05, 3.63) is 29.8 Å². The molecule has 0 saturated carbocycles. The van der Waals surface area contributed by atoms with Gasteiger partial charge in [-0.1, -0.05) is 17.9 Å². The maximum absolute atomic E-state index is 12.5. The predicted octanol–water partition coefficient (Wildman–Crippen LogP) is 3.19. The van der Waals surface area contributed by atoms with Gasteiger partial charge in [-0.3, -0.25) is 0 Å². The van der Waals surface area contributed by atoms with Crippen LogP contribution in [0.5, 0.6) is 5.75 Å². The molecule has 126 valence electrons. The summed E-state index contributed by atoms with van der Waals surface area (Å²) < 4.78 is 42.7. The number of carbonyl (C=O) groups is 1. The van der Waals surface area contributed by atoms with Gasteiger partial charge in [-0.15, -0.1) is 0 Å². The van der Waals surface area contributed by atoms with E-state index in [1.54, 1.807) is 0 Å². The summed E-state index contributed by atoms with van der Waals surface area (Å²) in [5, 5.41) is 5.24. The number of carbonyl (C=O) groups excluding carboxylic acids is 1. The fraction of sp³-hybridized carbons (Fsp3) is 0.438. The molecule has 1 rings (SSSR count). The number of hydrogen-bond acceptors (Lipinski definition) is 2. The summed E-state index contributed by atoms with van der Waals surface area (Å²) in [5.74, 6) is 5.35. The largest absolute Gasteiger partial charge is 0.481 e. The van der Waals surface area contributed by atoms with E-state index in [0.717, 1.165) is 12.1 Å². The lowest BCUT2D eigenvalue weighted by Crippen LogP contribution is -2.46. The number of benzene rings is 1. The van der Waals surface area contributed by atoms with Gasteiger partial charge in [0.15, 0.2) is 0 Å². The molecule has 0 heterocycles. The van der Waals surface area contributed by atoms with E-state index in [9.17, 15) is 18.0 Å². The third-order valence-corrected chi connectivity index (χ3v) is 2.42. The Morgan fingerprint density at radius 1 is 1.22 bits per heavy atom. The number of nitrogens with one attached hydrogen (secondary N) is 2. The van der Waals surface area contributed by atoms with Crippen LogP contribution in [0, 0.1) is 11.8 Å². The zero-order valence-electron chi connectivity index (χ0n) is 13.2. The Hall–Kier alpha value is -2.36. The highest BCUT2D eigenvalue weighted by atomic mass is 19.4. The van der Waals surface area contributed by atoms with Crippen LogP contribution in [0.4, 0.5) is 18.0 Å². The molecule has 2 amide bonds. The third-order valence-electron chi connectivity index (χ3n) is 2.42. The monoisotopic (exact) mass is 328 g/mol. The Morgan fingerprint density at radius 3 is 2.52 bits per heavy atom. The van der Waals surface area contributed by atoms with Crippen LogP contribution in [0.15, 0.2) is 24.3 Å². The first-order valence-corrected chi connectivity index (χ1v) is 6.90. The van der Waals surface area contributed by atoms with Crippen molar-refractivity contribution in [2.24, 2.45) is 0 Å².